The molecule has 0 aliphatic heterocycles. The zero-order valence-corrected chi connectivity index (χ0v) is 14.0. The highest BCUT2D eigenvalue weighted by Crippen LogP contribution is 2.21. The van der Waals surface area contributed by atoms with Crippen molar-refractivity contribution in [2.45, 2.75) is 26.6 Å². The molecule has 0 atom stereocenters. The largest absolute Gasteiger partial charge is 0.348 e. The topological polar surface area (TPSA) is 55.1 Å². The van der Waals surface area contributed by atoms with Gasteiger partial charge in [-0.2, -0.15) is 8.78 Å². The number of amides is 2. The predicted molar refractivity (Wildman–Crippen MR) is 91.6 cm³/mol. The summed E-state index contributed by atoms with van der Waals surface area (Å²) in [5, 5.41) is 3.88. The van der Waals surface area contributed by atoms with Crippen molar-refractivity contribution >= 4 is 22.6 Å². The van der Waals surface area contributed by atoms with Gasteiger partial charge in [0.15, 0.2) is 0 Å². The molecule has 8 heteroatoms. The maximum atomic E-state index is 12.8. The molecule has 1 aromatic carbocycles. The van der Waals surface area contributed by atoms with Gasteiger partial charge in [-0.25, -0.2) is 9.78 Å². The molecule has 0 aliphatic rings. The van der Waals surface area contributed by atoms with Crippen molar-refractivity contribution in [3.63, 3.8) is 0 Å². The standard InChI is InChI=1S/C17H19F2N5O/c1-3-23-8-6-12-4-5-13(10-14(12)23)21-17(25)22(2)11-15-20-7-9-24(15)16(18)19/h4-10,16H,3,11H2,1-2H3,(H,21,25). The van der Waals surface area contributed by atoms with Crippen LogP contribution in [0.1, 0.15) is 19.3 Å². The molecule has 0 radical (unpaired) electrons. The Hall–Kier alpha value is -2.90. The Bertz CT molecular complexity index is 886. The third kappa shape index (κ3) is 3.47. The van der Waals surface area contributed by atoms with Crippen molar-refractivity contribution < 1.29 is 13.6 Å². The van der Waals surface area contributed by atoms with E-state index < -0.39 is 12.6 Å². The minimum Gasteiger partial charge on any atom is -0.348 e. The lowest BCUT2D eigenvalue weighted by molar-refractivity contribution is 0.0652. The first-order valence-corrected chi connectivity index (χ1v) is 7.90. The number of benzene rings is 1. The number of aromatic nitrogens is 3. The first-order chi connectivity index (χ1) is 12.0. The molecule has 1 N–H and O–H groups in total. The van der Waals surface area contributed by atoms with Crippen LogP contribution in [0.2, 0.25) is 0 Å². The second-order valence-electron chi connectivity index (χ2n) is 5.69. The van der Waals surface area contributed by atoms with Gasteiger partial charge >= 0.3 is 12.6 Å². The van der Waals surface area contributed by atoms with Crippen LogP contribution in [0.25, 0.3) is 10.9 Å². The number of halogens is 2. The lowest BCUT2D eigenvalue weighted by atomic mass is 10.2. The van der Waals surface area contributed by atoms with Crippen molar-refractivity contribution in [2.75, 3.05) is 12.4 Å². The average Bonchev–Trinajstić information content (AvgIpc) is 3.20. The summed E-state index contributed by atoms with van der Waals surface area (Å²) in [6, 6.07) is 7.26. The summed E-state index contributed by atoms with van der Waals surface area (Å²) in [5.41, 5.74) is 1.67. The highest BCUT2D eigenvalue weighted by atomic mass is 19.3. The molecule has 0 aliphatic carbocycles. The predicted octanol–water partition coefficient (Wildman–Crippen LogP) is 3.92. The van der Waals surface area contributed by atoms with Crippen molar-refractivity contribution in [1.82, 2.24) is 19.0 Å². The van der Waals surface area contributed by atoms with Gasteiger partial charge in [-0.3, -0.25) is 4.57 Å². The Morgan fingerprint density at radius 2 is 2.12 bits per heavy atom. The number of hydrogen-bond acceptors (Lipinski definition) is 2. The fraction of sp³-hybridized carbons (Fsp3) is 0.294. The molecule has 3 aromatic rings. The molecule has 0 saturated carbocycles. The normalized spacial score (nSPS) is 11.2. The van der Waals surface area contributed by atoms with E-state index in [1.807, 2.05) is 37.4 Å². The molecule has 25 heavy (non-hydrogen) atoms. The van der Waals surface area contributed by atoms with Gasteiger partial charge in [0.05, 0.1) is 12.1 Å². The fourth-order valence-corrected chi connectivity index (χ4v) is 2.68. The maximum Gasteiger partial charge on any atom is 0.321 e. The third-order valence-electron chi connectivity index (χ3n) is 4.05. The Morgan fingerprint density at radius 3 is 2.84 bits per heavy atom. The van der Waals surface area contributed by atoms with Gasteiger partial charge in [0.1, 0.15) is 5.82 Å². The number of hydrogen-bond donors (Lipinski definition) is 1. The number of nitrogens with one attached hydrogen (secondary N) is 1. The van der Waals surface area contributed by atoms with E-state index in [-0.39, 0.29) is 12.4 Å². The van der Waals surface area contributed by atoms with Gasteiger partial charge in [0.25, 0.3) is 0 Å². The molecule has 6 nitrogen and oxygen atoms in total. The minimum atomic E-state index is -2.68. The van der Waals surface area contributed by atoms with Crippen LogP contribution in [0.5, 0.6) is 0 Å². The van der Waals surface area contributed by atoms with Crippen LogP contribution in [0.3, 0.4) is 0 Å². The zero-order chi connectivity index (χ0) is 18.0. The summed E-state index contributed by atoms with van der Waals surface area (Å²) < 4.78 is 28.5. The van der Waals surface area contributed by atoms with Gasteiger partial charge < -0.3 is 14.8 Å². The smallest absolute Gasteiger partial charge is 0.321 e. The van der Waals surface area contributed by atoms with Crippen molar-refractivity contribution in [1.29, 1.82) is 0 Å². The molecule has 3 rings (SSSR count). The maximum absolute atomic E-state index is 12.8. The van der Waals surface area contributed by atoms with E-state index in [1.165, 1.54) is 24.3 Å². The SMILES string of the molecule is CCn1ccc2ccc(NC(=O)N(C)Cc3nccn3C(F)F)cc21. The van der Waals surface area contributed by atoms with Crippen LogP contribution in [-0.4, -0.2) is 32.1 Å². The molecular formula is C17H19F2N5O. The summed E-state index contributed by atoms with van der Waals surface area (Å²) >= 11 is 0. The number of fused-ring (bicyclic) bond motifs is 1. The molecule has 2 aromatic heterocycles. The fourth-order valence-electron chi connectivity index (χ4n) is 2.68. The molecule has 132 valence electrons. The van der Waals surface area contributed by atoms with E-state index in [0.717, 1.165) is 22.0 Å². The molecule has 2 heterocycles. The lowest BCUT2D eigenvalue weighted by Gasteiger charge is -2.18. The number of rotatable bonds is 5. The molecule has 0 bridgehead atoms. The van der Waals surface area contributed by atoms with E-state index in [0.29, 0.717) is 5.69 Å². The number of carbonyl (C=O) groups is 1. The van der Waals surface area contributed by atoms with E-state index in [1.54, 1.807) is 0 Å². The third-order valence-corrected chi connectivity index (χ3v) is 4.05. The highest BCUT2D eigenvalue weighted by Gasteiger charge is 2.16. The molecule has 2 amide bonds. The summed E-state index contributed by atoms with van der Waals surface area (Å²) in [7, 11) is 1.53. The summed E-state index contributed by atoms with van der Waals surface area (Å²) in [5.74, 6) is 0.128. The lowest BCUT2D eigenvalue weighted by Crippen LogP contribution is -2.32. The summed E-state index contributed by atoms with van der Waals surface area (Å²) in [6.45, 7) is 0.176. The van der Waals surface area contributed by atoms with Crippen molar-refractivity contribution in [2.24, 2.45) is 0 Å². The van der Waals surface area contributed by atoms with Gasteiger partial charge in [-0.05, 0) is 30.5 Å². The molecule has 0 spiro atoms. The average molecular weight is 347 g/mol. The monoisotopic (exact) mass is 347 g/mol. The zero-order valence-electron chi connectivity index (χ0n) is 14.0. The first-order valence-electron chi connectivity index (χ1n) is 7.90. The number of nitrogens with zero attached hydrogens (tertiary/aromatic N) is 4. The molecular weight excluding hydrogens is 328 g/mol. The Balaban J connectivity index is 1.72. The number of alkyl halides is 2. The summed E-state index contributed by atoms with van der Waals surface area (Å²) in [6.07, 6.45) is 4.48. The van der Waals surface area contributed by atoms with Crippen LogP contribution in [0, 0.1) is 0 Å². The minimum absolute atomic E-state index is 0.0171. The number of urea groups is 1. The first kappa shape index (κ1) is 16.9. The number of carbonyl (C=O) groups excluding carboxylic acids is 1. The second-order valence-corrected chi connectivity index (χ2v) is 5.69. The molecule has 0 saturated heterocycles. The van der Waals surface area contributed by atoms with Crippen molar-refractivity contribution in [3.8, 4) is 0 Å². The van der Waals surface area contributed by atoms with E-state index >= 15 is 0 Å². The number of aryl methyl sites for hydroxylation is 1. The van der Waals surface area contributed by atoms with Crippen LogP contribution < -0.4 is 5.32 Å². The Labute approximate surface area is 143 Å². The quantitative estimate of drug-likeness (QED) is 0.761. The van der Waals surface area contributed by atoms with E-state index in [9.17, 15) is 13.6 Å². The number of imidazole rings is 1. The molecule has 0 unspecified atom stereocenters. The van der Waals surface area contributed by atoms with Crippen LogP contribution in [0.15, 0.2) is 42.9 Å². The molecule has 0 fully saturated rings. The second kappa shape index (κ2) is 6.92. The number of anilines is 1. The van der Waals surface area contributed by atoms with Gasteiger partial charge in [0, 0.05) is 37.9 Å². The Kier molecular flexibility index (Phi) is 4.69. The van der Waals surface area contributed by atoms with Crippen LogP contribution in [0.4, 0.5) is 19.3 Å². The van der Waals surface area contributed by atoms with Crippen LogP contribution >= 0.6 is 0 Å². The van der Waals surface area contributed by atoms with E-state index in [4.69, 9.17) is 0 Å². The van der Waals surface area contributed by atoms with Gasteiger partial charge in [-0.1, -0.05) is 6.07 Å². The highest BCUT2D eigenvalue weighted by molar-refractivity contribution is 5.92. The summed E-state index contributed by atoms with van der Waals surface area (Å²) in [4.78, 5) is 17.5. The Morgan fingerprint density at radius 1 is 1.32 bits per heavy atom. The van der Waals surface area contributed by atoms with Crippen LogP contribution in [-0.2, 0) is 13.1 Å². The van der Waals surface area contributed by atoms with Crippen molar-refractivity contribution in [3.05, 3.63) is 48.7 Å². The van der Waals surface area contributed by atoms with Gasteiger partial charge in [-0.15, -0.1) is 0 Å². The van der Waals surface area contributed by atoms with Gasteiger partial charge in [0.2, 0.25) is 0 Å². The van der Waals surface area contributed by atoms with E-state index in [2.05, 4.69) is 14.9 Å².